The van der Waals surface area contributed by atoms with Gasteiger partial charge in [-0.2, -0.15) is 0 Å². The molecule has 1 aromatic heterocycles. The molecule has 0 radical (unpaired) electrons. The van der Waals surface area contributed by atoms with Crippen molar-refractivity contribution < 1.29 is 4.21 Å². The predicted molar refractivity (Wildman–Crippen MR) is 34.4 cm³/mol. The van der Waals surface area contributed by atoms with E-state index in [4.69, 9.17) is 0 Å². The van der Waals surface area contributed by atoms with Crippen LogP contribution >= 0.6 is 11.3 Å². The number of hydrogen-bond donors (Lipinski definition) is 0. The maximum atomic E-state index is 10.6. The molecule has 1 atom stereocenters. The molecule has 8 heavy (non-hydrogen) atoms. The minimum atomic E-state index is -0.899. The molecule has 0 N–H and O–H groups in total. The van der Waals surface area contributed by atoms with Crippen LogP contribution in [0, 0.1) is 0 Å². The van der Waals surface area contributed by atoms with E-state index < -0.39 is 10.8 Å². The summed E-state index contributed by atoms with van der Waals surface area (Å²) in [5.74, 6) is 0. The standard InChI is InChI=1S/C4H5NOS2/c1-8(6)4-2-7-3-5-4/h2-3H,1H3. The van der Waals surface area contributed by atoms with E-state index >= 15 is 0 Å². The van der Waals surface area contributed by atoms with Gasteiger partial charge in [0.2, 0.25) is 0 Å². The lowest BCUT2D eigenvalue weighted by molar-refractivity contribution is 0.685. The maximum Gasteiger partial charge on any atom is 0.137 e. The van der Waals surface area contributed by atoms with E-state index in [9.17, 15) is 4.21 Å². The Morgan fingerprint density at radius 3 is 2.88 bits per heavy atom. The molecule has 0 aliphatic heterocycles. The molecule has 0 bridgehead atoms. The van der Waals surface area contributed by atoms with E-state index in [1.165, 1.54) is 11.3 Å². The lowest BCUT2D eigenvalue weighted by atomic mass is 11.0. The van der Waals surface area contributed by atoms with E-state index in [0.717, 1.165) is 0 Å². The highest BCUT2D eigenvalue weighted by Crippen LogP contribution is 2.03. The fraction of sp³-hybridized carbons (Fsp3) is 0.250. The Bertz CT molecular complexity index is 182. The molecule has 0 spiro atoms. The second-order valence-corrected chi connectivity index (χ2v) is 3.33. The number of aromatic nitrogens is 1. The number of nitrogens with zero attached hydrogens (tertiary/aromatic N) is 1. The highest BCUT2D eigenvalue weighted by molar-refractivity contribution is 7.84. The van der Waals surface area contributed by atoms with Gasteiger partial charge in [0, 0.05) is 11.6 Å². The summed E-state index contributed by atoms with van der Waals surface area (Å²) in [4.78, 5) is 3.83. The summed E-state index contributed by atoms with van der Waals surface area (Å²) in [7, 11) is -0.899. The van der Waals surface area contributed by atoms with Crippen molar-refractivity contribution >= 4 is 22.1 Å². The molecule has 2 nitrogen and oxygen atoms in total. The molecule has 0 saturated carbocycles. The lowest BCUT2D eigenvalue weighted by Crippen LogP contribution is -1.84. The third kappa shape index (κ3) is 1.14. The van der Waals surface area contributed by atoms with Crippen LogP contribution in [0.1, 0.15) is 0 Å². The van der Waals surface area contributed by atoms with Crippen molar-refractivity contribution in [1.82, 2.24) is 4.98 Å². The molecule has 4 heteroatoms. The van der Waals surface area contributed by atoms with Crippen LogP contribution in [0.3, 0.4) is 0 Å². The van der Waals surface area contributed by atoms with E-state index in [1.807, 2.05) is 0 Å². The van der Waals surface area contributed by atoms with Crippen molar-refractivity contribution in [2.24, 2.45) is 0 Å². The molecule has 1 unspecified atom stereocenters. The fourth-order valence-electron chi connectivity index (χ4n) is 0.343. The number of hydrogen-bond acceptors (Lipinski definition) is 3. The molecule has 0 aliphatic rings. The molecule has 44 valence electrons. The van der Waals surface area contributed by atoms with Crippen molar-refractivity contribution in [2.75, 3.05) is 6.26 Å². The largest absolute Gasteiger partial charge is 0.253 e. The molecule has 0 amide bonds. The first kappa shape index (κ1) is 5.91. The van der Waals surface area contributed by atoms with Crippen LogP contribution in [0.2, 0.25) is 0 Å². The van der Waals surface area contributed by atoms with Crippen LogP contribution in [0.5, 0.6) is 0 Å². The van der Waals surface area contributed by atoms with Gasteiger partial charge in [-0.15, -0.1) is 11.3 Å². The minimum Gasteiger partial charge on any atom is -0.253 e. The maximum absolute atomic E-state index is 10.6. The quantitative estimate of drug-likeness (QED) is 0.590. The normalized spacial score (nSPS) is 13.6. The van der Waals surface area contributed by atoms with Gasteiger partial charge >= 0.3 is 0 Å². The highest BCUT2D eigenvalue weighted by Gasteiger charge is 1.95. The van der Waals surface area contributed by atoms with Gasteiger partial charge in [0.1, 0.15) is 5.03 Å². The molecule has 0 aromatic carbocycles. The van der Waals surface area contributed by atoms with Crippen LogP contribution in [0.15, 0.2) is 15.9 Å². The number of rotatable bonds is 1. The summed E-state index contributed by atoms with van der Waals surface area (Å²) in [6.45, 7) is 0. The average molecular weight is 147 g/mol. The first-order valence-electron chi connectivity index (χ1n) is 2.02. The fourth-order valence-corrected chi connectivity index (χ4v) is 1.73. The van der Waals surface area contributed by atoms with Gasteiger partial charge in [0.15, 0.2) is 0 Å². The Morgan fingerprint density at radius 1 is 1.88 bits per heavy atom. The topological polar surface area (TPSA) is 30.0 Å². The molecular formula is C4H5NOS2. The Morgan fingerprint density at radius 2 is 2.62 bits per heavy atom. The molecule has 1 rings (SSSR count). The van der Waals surface area contributed by atoms with Crippen LogP contribution in [-0.2, 0) is 10.8 Å². The zero-order valence-corrected chi connectivity index (χ0v) is 5.96. The van der Waals surface area contributed by atoms with Crippen molar-refractivity contribution in [2.45, 2.75) is 5.03 Å². The minimum absolute atomic E-state index is 0.676. The van der Waals surface area contributed by atoms with Crippen molar-refractivity contribution in [3.05, 3.63) is 10.9 Å². The highest BCUT2D eigenvalue weighted by atomic mass is 32.2. The summed E-state index contributed by atoms with van der Waals surface area (Å²) in [5.41, 5.74) is 1.68. The Hall–Kier alpha value is -0.220. The van der Waals surface area contributed by atoms with Crippen molar-refractivity contribution in [3.63, 3.8) is 0 Å². The van der Waals surface area contributed by atoms with E-state index in [0.29, 0.717) is 5.03 Å². The van der Waals surface area contributed by atoms with Crippen LogP contribution in [-0.4, -0.2) is 15.4 Å². The van der Waals surface area contributed by atoms with Gasteiger partial charge < -0.3 is 0 Å². The van der Waals surface area contributed by atoms with E-state index in [-0.39, 0.29) is 0 Å². The van der Waals surface area contributed by atoms with Gasteiger partial charge in [-0.25, -0.2) is 4.98 Å². The summed E-state index contributed by atoms with van der Waals surface area (Å²) in [6, 6.07) is 0. The molecule has 0 aliphatic carbocycles. The smallest absolute Gasteiger partial charge is 0.137 e. The summed E-state index contributed by atoms with van der Waals surface area (Å²) >= 11 is 1.46. The summed E-state index contributed by atoms with van der Waals surface area (Å²) in [6.07, 6.45) is 1.62. The second-order valence-electron chi connectivity index (χ2n) is 1.28. The molecule has 1 aromatic rings. The molecule has 0 fully saturated rings. The van der Waals surface area contributed by atoms with Gasteiger partial charge in [-0.1, -0.05) is 0 Å². The van der Waals surface area contributed by atoms with Crippen LogP contribution < -0.4 is 0 Å². The zero-order chi connectivity index (χ0) is 5.98. The molecule has 1 heterocycles. The Kier molecular flexibility index (Phi) is 1.75. The van der Waals surface area contributed by atoms with E-state index in [1.54, 1.807) is 17.1 Å². The summed E-state index contributed by atoms with van der Waals surface area (Å²) in [5, 5.41) is 2.46. The third-order valence-electron chi connectivity index (χ3n) is 0.704. The second kappa shape index (κ2) is 2.37. The first-order chi connectivity index (χ1) is 3.80. The average Bonchev–Trinajstić information content (AvgIpc) is 2.12. The van der Waals surface area contributed by atoms with Gasteiger partial charge in [-0.3, -0.25) is 4.21 Å². The summed E-state index contributed by atoms with van der Waals surface area (Å²) < 4.78 is 10.6. The van der Waals surface area contributed by atoms with Gasteiger partial charge in [0.25, 0.3) is 0 Å². The Labute approximate surface area is 54.0 Å². The molecular weight excluding hydrogens is 142 g/mol. The van der Waals surface area contributed by atoms with Crippen LogP contribution in [0.25, 0.3) is 0 Å². The SMILES string of the molecule is CS(=O)c1cscn1. The van der Waals surface area contributed by atoms with Gasteiger partial charge in [0.05, 0.1) is 16.3 Å². The number of thiazole rings is 1. The first-order valence-corrected chi connectivity index (χ1v) is 4.52. The predicted octanol–water partition coefficient (Wildman–Crippen LogP) is 0.881. The van der Waals surface area contributed by atoms with Gasteiger partial charge in [-0.05, 0) is 0 Å². The zero-order valence-electron chi connectivity index (χ0n) is 4.33. The van der Waals surface area contributed by atoms with E-state index in [2.05, 4.69) is 4.98 Å². The molecule has 0 saturated heterocycles. The lowest BCUT2D eigenvalue weighted by Gasteiger charge is -1.80. The monoisotopic (exact) mass is 147 g/mol. The Balaban J connectivity index is 2.93. The third-order valence-corrected chi connectivity index (χ3v) is 2.25. The van der Waals surface area contributed by atoms with Crippen molar-refractivity contribution in [3.8, 4) is 0 Å². The van der Waals surface area contributed by atoms with Crippen LogP contribution in [0.4, 0.5) is 0 Å². The van der Waals surface area contributed by atoms with Crippen molar-refractivity contribution in [1.29, 1.82) is 0 Å².